The SMILES string of the molecule is Cl.OC(CCN1CCCC1)(c1ccccc1)c1ccccc1. The van der Waals surface area contributed by atoms with E-state index < -0.39 is 5.60 Å². The Morgan fingerprint density at radius 2 is 1.27 bits per heavy atom. The highest BCUT2D eigenvalue weighted by atomic mass is 35.5. The van der Waals surface area contributed by atoms with Crippen molar-refractivity contribution in [3.63, 3.8) is 0 Å². The van der Waals surface area contributed by atoms with Crippen LogP contribution >= 0.6 is 12.4 Å². The second-order valence-corrected chi connectivity index (χ2v) is 5.89. The molecule has 22 heavy (non-hydrogen) atoms. The lowest BCUT2D eigenvalue weighted by atomic mass is 9.83. The van der Waals surface area contributed by atoms with Crippen LogP contribution in [0.15, 0.2) is 60.7 Å². The van der Waals surface area contributed by atoms with Crippen molar-refractivity contribution < 1.29 is 5.11 Å². The molecule has 1 heterocycles. The van der Waals surface area contributed by atoms with Gasteiger partial charge in [0.25, 0.3) is 0 Å². The number of nitrogens with zero attached hydrogens (tertiary/aromatic N) is 1. The predicted octanol–water partition coefficient (Wildman–Crippen LogP) is 3.83. The van der Waals surface area contributed by atoms with Crippen LogP contribution in [-0.4, -0.2) is 29.6 Å². The number of likely N-dealkylation sites (tertiary alicyclic amines) is 1. The summed E-state index contributed by atoms with van der Waals surface area (Å²) in [5.74, 6) is 0. The summed E-state index contributed by atoms with van der Waals surface area (Å²) >= 11 is 0. The minimum atomic E-state index is -0.898. The van der Waals surface area contributed by atoms with Gasteiger partial charge in [0, 0.05) is 6.54 Å². The number of rotatable bonds is 5. The Bertz CT molecular complexity index is 513. The molecule has 0 unspecified atom stereocenters. The minimum Gasteiger partial charge on any atom is -0.380 e. The molecule has 1 aliphatic heterocycles. The van der Waals surface area contributed by atoms with Gasteiger partial charge in [-0.3, -0.25) is 0 Å². The molecule has 118 valence electrons. The van der Waals surface area contributed by atoms with Gasteiger partial charge in [0.1, 0.15) is 5.60 Å². The molecule has 0 spiro atoms. The average Bonchev–Trinajstić information content (AvgIpc) is 3.08. The summed E-state index contributed by atoms with van der Waals surface area (Å²) in [5, 5.41) is 11.4. The molecule has 0 radical (unpaired) electrons. The van der Waals surface area contributed by atoms with E-state index in [1.165, 1.54) is 25.9 Å². The first-order valence-electron chi connectivity index (χ1n) is 7.85. The van der Waals surface area contributed by atoms with Gasteiger partial charge in [-0.15, -0.1) is 12.4 Å². The molecule has 0 aromatic heterocycles. The average molecular weight is 318 g/mol. The fraction of sp³-hybridized carbons (Fsp3) is 0.368. The topological polar surface area (TPSA) is 23.5 Å². The van der Waals surface area contributed by atoms with Gasteiger partial charge in [-0.05, 0) is 43.5 Å². The maximum atomic E-state index is 11.4. The highest BCUT2D eigenvalue weighted by molar-refractivity contribution is 5.85. The zero-order valence-corrected chi connectivity index (χ0v) is 13.6. The lowest BCUT2D eigenvalue weighted by molar-refractivity contribution is 0.0602. The van der Waals surface area contributed by atoms with Crippen LogP contribution in [0.25, 0.3) is 0 Å². The molecule has 1 N–H and O–H groups in total. The zero-order valence-electron chi connectivity index (χ0n) is 12.8. The van der Waals surface area contributed by atoms with Crippen molar-refractivity contribution in [2.75, 3.05) is 19.6 Å². The molecule has 0 aliphatic carbocycles. The van der Waals surface area contributed by atoms with E-state index in [1.807, 2.05) is 60.7 Å². The summed E-state index contributed by atoms with van der Waals surface area (Å²) in [5.41, 5.74) is 1.07. The monoisotopic (exact) mass is 317 g/mol. The van der Waals surface area contributed by atoms with E-state index in [0.29, 0.717) is 0 Å². The number of aliphatic hydroxyl groups is 1. The van der Waals surface area contributed by atoms with Crippen LogP contribution < -0.4 is 0 Å². The van der Waals surface area contributed by atoms with E-state index >= 15 is 0 Å². The highest BCUT2D eigenvalue weighted by Crippen LogP contribution is 2.33. The van der Waals surface area contributed by atoms with Crippen LogP contribution in [0.5, 0.6) is 0 Å². The van der Waals surface area contributed by atoms with Crippen LogP contribution in [0.4, 0.5) is 0 Å². The molecule has 3 rings (SSSR count). The summed E-state index contributed by atoms with van der Waals surface area (Å²) in [7, 11) is 0. The first-order valence-corrected chi connectivity index (χ1v) is 7.85. The van der Waals surface area contributed by atoms with Crippen molar-refractivity contribution in [3.8, 4) is 0 Å². The van der Waals surface area contributed by atoms with E-state index in [1.54, 1.807) is 0 Å². The van der Waals surface area contributed by atoms with Crippen LogP contribution in [0.2, 0.25) is 0 Å². The third kappa shape index (κ3) is 3.70. The summed E-state index contributed by atoms with van der Waals surface area (Å²) < 4.78 is 0. The molecule has 3 heteroatoms. The fourth-order valence-electron chi connectivity index (χ4n) is 3.21. The second kappa shape index (κ2) is 7.77. The van der Waals surface area contributed by atoms with Crippen molar-refractivity contribution in [2.45, 2.75) is 24.9 Å². The second-order valence-electron chi connectivity index (χ2n) is 5.89. The number of hydrogen-bond acceptors (Lipinski definition) is 2. The first kappa shape index (κ1) is 17.0. The lowest BCUT2D eigenvalue weighted by Crippen LogP contribution is -2.33. The number of hydrogen-bond donors (Lipinski definition) is 1. The van der Waals surface area contributed by atoms with Crippen molar-refractivity contribution in [1.82, 2.24) is 4.90 Å². The largest absolute Gasteiger partial charge is 0.380 e. The smallest absolute Gasteiger partial charge is 0.116 e. The molecule has 2 aromatic carbocycles. The maximum Gasteiger partial charge on any atom is 0.116 e. The van der Waals surface area contributed by atoms with Gasteiger partial charge in [0.05, 0.1) is 0 Å². The van der Waals surface area contributed by atoms with Crippen molar-refractivity contribution in [1.29, 1.82) is 0 Å². The Labute approximate surface area is 139 Å². The molecular weight excluding hydrogens is 294 g/mol. The van der Waals surface area contributed by atoms with Crippen molar-refractivity contribution in [2.24, 2.45) is 0 Å². The van der Waals surface area contributed by atoms with Gasteiger partial charge in [-0.2, -0.15) is 0 Å². The third-order valence-electron chi connectivity index (χ3n) is 4.49. The first-order chi connectivity index (χ1) is 10.3. The molecule has 2 aromatic rings. The molecule has 0 saturated carbocycles. The standard InChI is InChI=1S/C19H23NO.ClH/c21-19(17-9-3-1-4-10-17,18-11-5-2-6-12-18)13-16-20-14-7-8-15-20;/h1-6,9-12,21H,7-8,13-16H2;1H. The number of halogens is 1. The maximum absolute atomic E-state index is 11.4. The Kier molecular flexibility index (Phi) is 6.01. The summed E-state index contributed by atoms with van der Waals surface area (Å²) in [6.45, 7) is 3.28. The molecule has 0 atom stereocenters. The van der Waals surface area contributed by atoms with Crippen LogP contribution in [0, 0.1) is 0 Å². The van der Waals surface area contributed by atoms with E-state index in [2.05, 4.69) is 4.90 Å². The molecule has 0 bridgehead atoms. The van der Waals surface area contributed by atoms with Gasteiger partial charge >= 0.3 is 0 Å². The molecular formula is C19H24ClNO. The van der Waals surface area contributed by atoms with Gasteiger partial charge in [0.2, 0.25) is 0 Å². The zero-order chi connectivity index (χ0) is 14.5. The van der Waals surface area contributed by atoms with Gasteiger partial charge in [-0.1, -0.05) is 60.7 Å². The van der Waals surface area contributed by atoms with Crippen LogP contribution in [0.1, 0.15) is 30.4 Å². The molecule has 1 saturated heterocycles. The lowest BCUT2D eigenvalue weighted by Gasteiger charge is -2.31. The fourth-order valence-corrected chi connectivity index (χ4v) is 3.21. The minimum absolute atomic E-state index is 0. The normalized spacial score (nSPS) is 15.5. The summed E-state index contributed by atoms with van der Waals surface area (Å²) in [6.07, 6.45) is 3.31. The molecule has 1 aliphatic rings. The van der Waals surface area contributed by atoms with Gasteiger partial charge < -0.3 is 10.0 Å². The Morgan fingerprint density at radius 3 is 1.73 bits per heavy atom. The van der Waals surface area contributed by atoms with Crippen molar-refractivity contribution in [3.05, 3.63) is 71.8 Å². The van der Waals surface area contributed by atoms with E-state index in [0.717, 1.165) is 24.1 Å². The third-order valence-corrected chi connectivity index (χ3v) is 4.49. The van der Waals surface area contributed by atoms with Crippen LogP contribution in [0.3, 0.4) is 0 Å². The van der Waals surface area contributed by atoms with Crippen LogP contribution in [-0.2, 0) is 5.60 Å². The quantitative estimate of drug-likeness (QED) is 0.906. The molecule has 2 nitrogen and oxygen atoms in total. The van der Waals surface area contributed by atoms with E-state index in [9.17, 15) is 5.11 Å². The highest BCUT2D eigenvalue weighted by Gasteiger charge is 2.31. The summed E-state index contributed by atoms with van der Waals surface area (Å²) in [4.78, 5) is 2.46. The Hall–Kier alpha value is -1.35. The van der Waals surface area contributed by atoms with Crippen molar-refractivity contribution >= 4 is 12.4 Å². The molecule has 1 fully saturated rings. The van der Waals surface area contributed by atoms with E-state index in [-0.39, 0.29) is 12.4 Å². The molecule has 0 amide bonds. The Morgan fingerprint density at radius 1 is 0.818 bits per heavy atom. The van der Waals surface area contributed by atoms with E-state index in [4.69, 9.17) is 0 Å². The van der Waals surface area contributed by atoms with Gasteiger partial charge in [0.15, 0.2) is 0 Å². The Balaban J connectivity index is 0.00000176. The predicted molar refractivity (Wildman–Crippen MR) is 93.4 cm³/mol. The number of benzene rings is 2. The summed E-state index contributed by atoms with van der Waals surface area (Å²) in [6, 6.07) is 20.1. The van der Waals surface area contributed by atoms with Gasteiger partial charge in [-0.25, -0.2) is 0 Å².